The highest BCUT2D eigenvalue weighted by Crippen LogP contribution is 2.12. The molecule has 1 aromatic heterocycles. The fraction of sp³-hybridized carbons (Fsp3) is 0.143. The lowest BCUT2D eigenvalue weighted by Crippen LogP contribution is -2.29. The normalized spacial score (nSPS) is 9.55. The number of hydrogen-bond donors (Lipinski definition) is 0. The average molecular weight is 169 g/mol. The molecule has 1 heterocycles. The fourth-order valence-corrected chi connectivity index (χ4v) is 1.38. The van der Waals surface area contributed by atoms with Gasteiger partial charge in [0.15, 0.2) is 12.5 Å². The second kappa shape index (κ2) is 3.39. The predicted molar refractivity (Wildman–Crippen MR) is 42.6 cm³/mol. The van der Waals surface area contributed by atoms with E-state index in [1.54, 1.807) is 18.4 Å². The van der Waals surface area contributed by atoms with Crippen molar-refractivity contribution in [1.82, 2.24) is 0 Å². The maximum absolute atomic E-state index is 11.0. The average Bonchev–Trinajstić information content (AvgIpc) is 2.04. The highest BCUT2D eigenvalue weighted by Gasteiger charge is 2.08. The summed E-state index contributed by atoms with van der Waals surface area (Å²) in [6, 6.07) is 3.17. The van der Waals surface area contributed by atoms with Crippen LogP contribution in [0, 0.1) is 5.21 Å². The van der Waals surface area contributed by atoms with Gasteiger partial charge in [0.1, 0.15) is 0 Å². The maximum atomic E-state index is 11.0. The predicted octanol–water partition coefficient (Wildman–Crippen LogP) is 0.854. The molecule has 1 rings (SSSR count). The van der Waals surface area contributed by atoms with Gasteiger partial charge in [0.05, 0.1) is 5.56 Å². The van der Waals surface area contributed by atoms with Crippen molar-refractivity contribution in [2.45, 2.75) is 5.03 Å². The van der Waals surface area contributed by atoms with Crippen LogP contribution in [0.1, 0.15) is 10.4 Å². The van der Waals surface area contributed by atoms with E-state index in [9.17, 15) is 10.0 Å². The topological polar surface area (TPSA) is 44.0 Å². The Kier molecular flexibility index (Phi) is 2.48. The number of aromatic nitrogens is 1. The molecule has 0 aliphatic carbocycles. The minimum absolute atomic E-state index is 0.440. The van der Waals surface area contributed by atoms with E-state index >= 15 is 0 Å². The van der Waals surface area contributed by atoms with Crippen molar-refractivity contribution in [1.29, 1.82) is 0 Å². The minimum Gasteiger partial charge on any atom is -0.618 e. The van der Waals surface area contributed by atoms with Gasteiger partial charge in [0.25, 0.3) is 5.03 Å². The molecule has 0 N–H and O–H groups in total. The summed E-state index contributed by atoms with van der Waals surface area (Å²) in [6.07, 6.45) is 3.82. The van der Waals surface area contributed by atoms with Crippen LogP contribution in [0.25, 0.3) is 0 Å². The van der Waals surface area contributed by atoms with Crippen molar-refractivity contribution in [3.05, 3.63) is 29.1 Å². The zero-order valence-corrected chi connectivity index (χ0v) is 6.80. The van der Waals surface area contributed by atoms with E-state index in [-0.39, 0.29) is 0 Å². The zero-order valence-electron chi connectivity index (χ0n) is 5.98. The van der Waals surface area contributed by atoms with Crippen LogP contribution in [0.15, 0.2) is 23.4 Å². The van der Waals surface area contributed by atoms with Gasteiger partial charge in [0, 0.05) is 6.07 Å². The van der Waals surface area contributed by atoms with Crippen LogP contribution in [0.2, 0.25) is 0 Å². The van der Waals surface area contributed by atoms with Crippen LogP contribution in [-0.4, -0.2) is 12.5 Å². The van der Waals surface area contributed by atoms with Crippen LogP contribution in [0.4, 0.5) is 0 Å². The number of carbonyl (C=O) groups is 1. The lowest BCUT2D eigenvalue weighted by atomic mass is 10.3. The highest BCUT2D eigenvalue weighted by molar-refractivity contribution is 7.98. The van der Waals surface area contributed by atoms with Crippen LogP contribution in [-0.2, 0) is 0 Å². The Hall–Kier alpha value is -1.03. The molecule has 0 unspecified atom stereocenters. The highest BCUT2D eigenvalue weighted by atomic mass is 32.2. The van der Waals surface area contributed by atoms with Crippen LogP contribution in [0.3, 0.4) is 0 Å². The van der Waals surface area contributed by atoms with E-state index in [4.69, 9.17) is 0 Å². The second-order valence-corrected chi connectivity index (χ2v) is 2.71. The lowest BCUT2D eigenvalue weighted by Gasteiger charge is -2.01. The molecule has 0 atom stereocenters. The first-order valence-corrected chi connectivity index (χ1v) is 4.23. The molecule has 4 heteroatoms. The van der Waals surface area contributed by atoms with Gasteiger partial charge in [-0.15, -0.1) is 0 Å². The SMILES string of the molecule is CSc1c(C=O)ccc[n+]1[O-]. The van der Waals surface area contributed by atoms with Gasteiger partial charge in [-0.25, -0.2) is 0 Å². The monoisotopic (exact) mass is 169 g/mol. The first kappa shape index (κ1) is 8.07. The molecule has 0 amide bonds. The van der Waals surface area contributed by atoms with E-state index in [1.807, 2.05) is 0 Å². The fourth-order valence-electron chi connectivity index (χ4n) is 0.789. The van der Waals surface area contributed by atoms with E-state index in [2.05, 4.69) is 0 Å². The van der Waals surface area contributed by atoms with E-state index in [1.165, 1.54) is 18.0 Å². The van der Waals surface area contributed by atoms with Crippen molar-refractivity contribution < 1.29 is 9.52 Å². The molecule has 0 spiro atoms. The molecule has 1 aromatic rings. The Bertz CT molecular complexity index is 275. The summed E-state index contributed by atoms with van der Waals surface area (Å²) >= 11 is 1.27. The second-order valence-electron chi connectivity index (χ2n) is 1.92. The van der Waals surface area contributed by atoms with Gasteiger partial charge < -0.3 is 5.21 Å². The summed E-state index contributed by atoms with van der Waals surface area (Å²) in [7, 11) is 0. The Morgan fingerprint density at radius 3 is 2.91 bits per heavy atom. The molecule has 0 saturated carbocycles. The third-order valence-corrected chi connectivity index (χ3v) is 2.07. The molecular weight excluding hydrogens is 162 g/mol. The Morgan fingerprint density at radius 1 is 1.73 bits per heavy atom. The number of aldehydes is 1. The molecular formula is C7H7NO2S. The molecule has 3 nitrogen and oxygen atoms in total. The van der Waals surface area contributed by atoms with Gasteiger partial charge in [-0.3, -0.25) is 4.79 Å². The Morgan fingerprint density at radius 2 is 2.45 bits per heavy atom. The first-order valence-electron chi connectivity index (χ1n) is 3.01. The van der Waals surface area contributed by atoms with Crippen molar-refractivity contribution in [3.63, 3.8) is 0 Å². The largest absolute Gasteiger partial charge is 0.618 e. The first-order chi connectivity index (χ1) is 5.29. The molecule has 11 heavy (non-hydrogen) atoms. The number of hydrogen-bond acceptors (Lipinski definition) is 3. The minimum atomic E-state index is 0.440. The van der Waals surface area contributed by atoms with E-state index < -0.39 is 0 Å². The number of carbonyl (C=O) groups excluding carboxylic acids is 1. The van der Waals surface area contributed by atoms with Gasteiger partial charge in [-0.1, -0.05) is 11.8 Å². The summed E-state index contributed by atoms with van der Waals surface area (Å²) in [5.74, 6) is 0. The van der Waals surface area contributed by atoms with Crippen LogP contribution < -0.4 is 4.73 Å². The number of thioether (sulfide) groups is 1. The van der Waals surface area contributed by atoms with Crippen molar-refractivity contribution >= 4 is 18.0 Å². The maximum Gasteiger partial charge on any atom is 0.261 e. The van der Waals surface area contributed by atoms with Crippen LogP contribution in [0.5, 0.6) is 0 Å². The summed E-state index contributed by atoms with van der Waals surface area (Å²) in [5.41, 5.74) is 0.440. The summed E-state index contributed by atoms with van der Waals surface area (Å²) in [5, 5.41) is 11.4. The van der Waals surface area contributed by atoms with Gasteiger partial charge in [0.2, 0.25) is 0 Å². The quantitative estimate of drug-likeness (QED) is 0.285. The van der Waals surface area contributed by atoms with E-state index in [0.29, 0.717) is 21.6 Å². The summed E-state index contributed by atoms with van der Waals surface area (Å²) in [6.45, 7) is 0. The van der Waals surface area contributed by atoms with Gasteiger partial charge in [-0.05, 0) is 12.3 Å². The molecule has 0 fully saturated rings. The molecule has 0 aliphatic heterocycles. The van der Waals surface area contributed by atoms with Crippen LogP contribution >= 0.6 is 11.8 Å². The molecule has 0 bridgehead atoms. The molecule has 58 valence electrons. The van der Waals surface area contributed by atoms with E-state index in [0.717, 1.165) is 0 Å². The lowest BCUT2D eigenvalue weighted by molar-refractivity contribution is -0.645. The van der Waals surface area contributed by atoms with Crippen molar-refractivity contribution in [2.24, 2.45) is 0 Å². The number of pyridine rings is 1. The number of rotatable bonds is 2. The van der Waals surface area contributed by atoms with Gasteiger partial charge >= 0.3 is 0 Å². The standard InChI is InChI=1S/C7H7NO2S/c1-11-7-6(5-9)3-2-4-8(7)10/h2-5H,1H3. The van der Waals surface area contributed by atoms with Crippen molar-refractivity contribution in [2.75, 3.05) is 6.26 Å². The zero-order chi connectivity index (χ0) is 8.27. The van der Waals surface area contributed by atoms with Gasteiger partial charge in [-0.2, -0.15) is 4.73 Å². The Balaban J connectivity index is 3.23. The summed E-state index contributed by atoms with van der Waals surface area (Å²) < 4.78 is 0.689. The third-order valence-electron chi connectivity index (χ3n) is 1.26. The third kappa shape index (κ3) is 1.51. The molecule has 0 saturated heterocycles. The molecule has 0 radical (unpaired) electrons. The molecule has 0 aromatic carbocycles. The Labute approximate surface area is 68.6 Å². The molecule has 0 aliphatic rings. The van der Waals surface area contributed by atoms with Crippen molar-refractivity contribution in [3.8, 4) is 0 Å². The smallest absolute Gasteiger partial charge is 0.261 e. The number of nitrogens with zero attached hydrogens (tertiary/aromatic N) is 1. The summed E-state index contributed by atoms with van der Waals surface area (Å²) in [4.78, 5) is 10.4.